The van der Waals surface area contributed by atoms with Crippen LogP contribution in [0.25, 0.3) is 0 Å². The molecule has 0 aliphatic rings. The highest BCUT2D eigenvalue weighted by molar-refractivity contribution is 9.10. The summed E-state index contributed by atoms with van der Waals surface area (Å²) in [7, 11) is 1.64. The van der Waals surface area contributed by atoms with Crippen LogP contribution in [0.2, 0.25) is 5.02 Å². The van der Waals surface area contributed by atoms with Gasteiger partial charge < -0.3 is 9.47 Å². The Balaban J connectivity index is 2.17. The molecule has 0 aliphatic heterocycles. The highest BCUT2D eigenvalue weighted by Gasteiger charge is 2.07. The van der Waals surface area contributed by atoms with Gasteiger partial charge in [-0.25, -0.2) is 0 Å². The van der Waals surface area contributed by atoms with Crippen molar-refractivity contribution in [2.45, 2.75) is 11.9 Å². The Hall–Kier alpha value is -0.710. The highest BCUT2D eigenvalue weighted by atomic mass is 79.9. The van der Waals surface area contributed by atoms with Crippen LogP contribution >= 0.6 is 43.5 Å². The van der Waals surface area contributed by atoms with Gasteiger partial charge in [-0.05, 0) is 18.2 Å². The predicted molar refractivity (Wildman–Crippen MR) is 89.1 cm³/mol. The molecule has 0 saturated carbocycles. The number of alkyl halides is 1. The van der Waals surface area contributed by atoms with E-state index in [4.69, 9.17) is 21.1 Å². The lowest BCUT2D eigenvalue weighted by Gasteiger charge is -2.12. The Kier molecular flexibility index (Phi) is 5.75. The number of methoxy groups -OCH3 is 1. The summed E-state index contributed by atoms with van der Waals surface area (Å²) in [5.74, 6) is 1.56. The normalized spacial score (nSPS) is 10.4. The first kappa shape index (κ1) is 15.7. The van der Waals surface area contributed by atoms with Crippen molar-refractivity contribution in [1.29, 1.82) is 0 Å². The van der Waals surface area contributed by atoms with E-state index in [9.17, 15) is 0 Å². The fraction of sp³-hybridized carbons (Fsp3) is 0.200. The third kappa shape index (κ3) is 3.90. The summed E-state index contributed by atoms with van der Waals surface area (Å²) in [4.78, 5) is 0. The van der Waals surface area contributed by atoms with Gasteiger partial charge in [-0.2, -0.15) is 0 Å². The molecule has 2 aromatic carbocycles. The van der Waals surface area contributed by atoms with E-state index in [2.05, 4.69) is 31.9 Å². The maximum atomic E-state index is 6.18. The summed E-state index contributed by atoms with van der Waals surface area (Å²) >= 11 is 13.0. The summed E-state index contributed by atoms with van der Waals surface area (Å²) in [6, 6.07) is 11.5. The Bertz CT molecular complexity index is 602. The minimum absolute atomic E-state index is 0.416. The molecular weight excluding hydrogens is 407 g/mol. The van der Waals surface area contributed by atoms with Crippen molar-refractivity contribution in [2.75, 3.05) is 7.11 Å². The second kappa shape index (κ2) is 7.34. The quantitative estimate of drug-likeness (QED) is 0.588. The smallest absolute Gasteiger partial charge is 0.127 e. The van der Waals surface area contributed by atoms with Gasteiger partial charge in [0.1, 0.15) is 18.1 Å². The van der Waals surface area contributed by atoms with E-state index in [1.807, 2.05) is 36.4 Å². The monoisotopic (exact) mass is 418 g/mol. The number of halogens is 3. The van der Waals surface area contributed by atoms with E-state index < -0.39 is 0 Å². The van der Waals surface area contributed by atoms with Crippen molar-refractivity contribution in [1.82, 2.24) is 0 Å². The molecular formula is C15H13Br2ClO2. The number of rotatable bonds is 5. The zero-order valence-corrected chi connectivity index (χ0v) is 14.8. The van der Waals surface area contributed by atoms with Gasteiger partial charge in [-0.3, -0.25) is 0 Å². The molecule has 0 bridgehead atoms. The third-order valence-corrected chi connectivity index (χ3v) is 4.27. The van der Waals surface area contributed by atoms with Crippen LogP contribution < -0.4 is 9.47 Å². The maximum Gasteiger partial charge on any atom is 0.127 e. The highest BCUT2D eigenvalue weighted by Crippen LogP contribution is 2.29. The third-order valence-electron chi connectivity index (χ3n) is 2.82. The molecule has 0 fully saturated rings. The van der Waals surface area contributed by atoms with Crippen LogP contribution in [0.15, 0.2) is 40.9 Å². The molecule has 5 heteroatoms. The first-order valence-electron chi connectivity index (χ1n) is 5.93. The predicted octanol–water partition coefficient (Wildman–Crippen LogP) is 5.59. The largest absolute Gasteiger partial charge is 0.497 e. The van der Waals surface area contributed by atoms with E-state index >= 15 is 0 Å². The minimum atomic E-state index is 0.416. The van der Waals surface area contributed by atoms with Gasteiger partial charge in [0.05, 0.1) is 7.11 Å². The summed E-state index contributed by atoms with van der Waals surface area (Å²) < 4.78 is 12.0. The lowest BCUT2D eigenvalue weighted by Crippen LogP contribution is -1.99. The Morgan fingerprint density at radius 2 is 1.85 bits per heavy atom. The summed E-state index contributed by atoms with van der Waals surface area (Å²) in [6.45, 7) is 0.416. The van der Waals surface area contributed by atoms with E-state index in [-0.39, 0.29) is 0 Å². The number of hydrogen-bond donors (Lipinski definition) is 0. The van der Waals surface area contributed by atoms with E-state index in [1.54, 1.807) is 7.11 Å². The van der Waals surface area contributed by atoms with Crippen molar-refractivity contribution in [2.24, 2.45) is 0 Å². The van der Waals surface area contributed by atoms with Crippen molar-refractivity contribution in [3.8, 4) is 11.5 Å². The Morgan fingerprint density at radius 1 is 1.10 bits per heavy atom. The summed E-state index contributed by atoms with van der Waals surface area (Å²) in [5.41, 5.74) is 2.01. The Labute approximate surface area is 140 Å². The molecule has 0 saturated heterocycles. The van der Waals surface area contributed by atoms with Crippen LogP contribution in [0, 0.1) is 0 Å². The lowest BCUT2D eigenvalue weighted by atomic mass is 10.2. The molecule has 0 radical (unpaired) electrons. The molecule has 0 spiro atoms. The number of hydrogen-bond acceptors (Lipinski definition) is 2. The average Bonchev–Trinajstić information content (AvgIpc) is 2.46. The molecule has 0 heterocycles. The molecule has 0 aromatic heterocycles. The molecule has 2 rings (SSSR count). The van der Waals surface area contributed by atoms with Gasteiger partial charge in [0.2, 0.25) is 0 Å². The van der Waals surface area contributed by atoms with Crippen LogP contribution in [0.4, 0.5) is 0 Å². The lowest BCUT2D eigenvalue weighted by molar-refractivity contribution is 0.301. The average molecular weight is 421 g/mol. The van der Waals surface area contributed by atoms with Crippen LogP contribution in [0.5, 0.6) is 11.5 Å². The number of benzene rings is 2. The SMILES string of the molecule is COc1ccc(CBr)c(OCc2ccc(Br)cc2Cl)c1. The first-order chi connectivity index (χ1) is 9.63. The van der Waals surface area contributed by atoms with Gasteiger partial charge in [0.15, 0.2) is 0 Å². The van der Waals surface area contributed by atoms with Gasteiger partial charge in [-0.1, -0.05) is 55.6 Å². The van der Waals surface area contributed by atoms with Crippen LogP contribution in [-0.4, -0.2) is 7.11 Å². The van der Waals surface area contributed by atoms with Gasteiger partial charge in [0.25, 0.3) is 0 Å². The number of ether oxygens (including phenoxy) is 2. The molecule has 106 valence electrons. The van der Waals surface area contributed by atoms with Crippen LogP contribution in [-0.2, 0) is 11.9 Å². The van der Waals surface area contributed by atoms with Crippen LogP contribution in [0.3, 0.4) is 0 Å². The fourth-order valence-electron chi connectivity index (χ4n) is 1.70. The minimum Gasteiger partial charge on any atom is -0.497 e. The molecule has 20 heavy (non-hydrogen) atoms. The molecule has 2 nitrogen and oxygen atoms in total. The summed E-state index contributed by atoms with van der Waals surface area (Å²) in [6.07, 6.45) is 0. The topological polar surface area (TPSA) is 18.5 Å². The van der Waals surface area contributed by atoms with Crippen LogP contribution in [0.1, 0.15) is 11.1 Å². The Morgan fingerprint density at radius 3 is 2.50 bits per heavy atom. The molecule has 0 atom stereocenters. The van der Waals surface area contributed by atoms with Gasteiger partial charge in [-0.15, -0.1) is 0 Å². The second-order valence-electron chi connectivity index (χ2n) is 4.13. The zero-order valence-electron chi connectivity index (χ0n) is 10.8. The molecule has 0 amide bonds. The standard InChI is InChI=1S/C15H13Br2ClO2/c1-19-13-5-3-10(8-16)15(7-13)20-9-11-2-4-12(17)6-14(11)18/h2-7H,8-9H2,1H3. The van der Waals surface area contributed by atoms with Crippen molar-refractivity contribution >= 4 is 43.5 Å². The summed E-state index contributed by atoms with van der Waals surface area (Å²) in [5, 5.41) is 1.41. The maximum absolute atomic E-state index is 6.18. The second-order valence-corrected chi connectivity index (χ2v) is 6.02. The van der Waals surface area contributed by atoms with E-state index in [1.165, 1.54) is 0 Å². The molecule has 0 unspecified atom stereocenters. The zero-order chi connectivity index (χ0) is 14.5. The van der Waals surface area contributed by atoms with Crippen molar-refractivity contribution in [3.05, 3.63) is 57.0 Å². The fourth-order valence-corrected chi connectivity index (χ4v) is 2.89. The first-order valence-corrected chi connectivity index (χ1v) is 8.23. The van der Waals surface area contributed by atoms with Gasteiger partial charge >= 0.3 is 0 Å². The van der Waals surface area contributed by atoms with E-state index in [0.29, 0.717) is 11.6 Å². The molecule has 2 aromatic rings. The van der Waals surface area contributed by atoms with E-state index in [0.717, 1.165) is 32.4 Å². The molecule has 0 aliphatic carbocycles. The van der Waals surface area contributed by atoms with Crippen molar-refractivity contribution in [3.63, 3.8) is 0 Å². The van der Waals surface area contributed by atoms with Crippen molar-refractivity contribution < 1.29 is 9.47 Å². The van der Waals surface area contributed by atoms with Gasteiger partial charge in [0, 0.05) is 32.0 Å². The molecule has 0 N–H and O–H groups in total.